The van der Waals surface area contributed by atoms with Crippen LogP contribution in [-0.4, -0.2) is 21.8 Å². The summed E-state index contributed by atoms with van der Waals surface area (Å²) < 4.78 is 0.716. The van der Waals surface area contributed by atoms with Crippen LogP contribution in [0.5, 0.6) is 0 Å². The van der Waals surface area contributed by atoms with Crippen molar-refractivity contribution in [2.45, 2.75) is 0 Å². The highest BCUT2D eigenvalue weighted by atomic mass is 32.2. The molecule has 0 saturated heterocycles. The average Bonchev–Trinajstić information content (AvgIpc) is 3.36. The van der Waals surface area contributed by atoms with Gasteiger partial charge in [0.1, 0.15) is 9.75 Å². The van der Waals surface area contributed by atoms with Gasteiger partial charge in [0.15, 0.2) is 10.3 Å². The third-order valence-electron chi connectivity index (χ3n) is 3.34. The first-order chi connectivity index (χ1) is 12.5. The van der Waals surface area contributed by atoms with E-state index < -0.39 is 0 Å². The highest BCUT2D eigenvalue weighted by Gasteiger charge is 2.25. The van der Waals surface area contributed by atoms with Gasteiger partial charge in [-0.1, -0.05) is 0 Å². The predicted molar refractivity (Wildman–Crippen MR) is 109 cm³/mol. The number of thiophene rings is 2. The summed E-state index contributed by atoms with van der Waals surface area (Å²) in [7, 11) is 0. The number of nitrogens with zero attached hydrogens (tertiary/aromatic N) is 2. The third-order valence-corrected chi connectivity index (χ3v) is 7.21. The Labute approximate surface area is 162 Å². The number of fused-ring (bicyclic) bond motifs is 1. The van der Waals surface area contributed by atoms with Gasteiger partial charge in [0, 0.05) is 23.2 Å². The summed E-state index contributed by atoms with van der Waals surface area (Å²) in [5.41, 5.74) is 12.8. The van der Waals surface area contributed by atoms with Crippen LogP contribution in [0.25, 0.3) is 9.40 Å². The van der Waals surface area contributed by atoms with E-state index in [1.807, 2.05) is 0 Å². The summed E-state index contributed by atoms with van der Waals surface area (Å²) in [5, 5.41) is 10.4. The molecule has 12 heteroatoms. The van der Waals surface area contributed by atoms with E-state index in [9.17, 15) is 9.59 Å². The van der Waals surface area contributed by atoms with Gasteiger partial charge in [-0.2, -0.15) is 0 Å². The molecule has 0 aliphatic heterocycles. The van der Waals surface area contributed by atoms with Crippen LogP contribution in [0.1, 0.15) is 19.3 Å². The van der Waals surface area contributed by atoms with Gasteiger partial charge in [-0.15, -0.1) is 45.3 Å². The Morgan fingerprint density at radius 2 is 1.31 bits per heavy atom. The van der Waals surface area contributed by atoms with E-state index in [-0.39, 0.29) is 23.2 Å². The molecule has 0 aliphatic carbocycles. The molecule has 4 aromatic heterocycles. The Balaban J connectivity index is 1.64. The van der Waals surface area contributed by atoms with Crippen LogP contribution in [0.4, 0.5) is 21.6 Å². The third kappa shape index (κ3) is 2.92. The number of carbonyl (C=O) groups is 2. The van der Waals surface area contributed by atoms with E-state index in [0.717, 1.165) is 0 Å². The Morgan fingerprint density at radius 1 is 0.846 bits per heavy atom. The Hall–Kier alpha value is -2.54. The molecule has 26 heavy (non-hydrogen) atoms. The highest BCUT2D eigenvalue weighted by molar-refractivity contribution is 7.40. The Morgan fingerprint density at radius 3 is 1.65 bits per heavy atom. The maximum atomic E-state index is 12.4. The molecule has 8 nitrogen and oxygen atoms in total. The van der Waals surface area contributed by atoms with Gasteiger partial charge in [-0.3, -0.25) is 20.2 Å². The van der Waals surface area contributed by atoms with Gasteiger partial charge in [0.25, 0.3) is 11.8 Å². The lowest BCUT2D eigenvalue weighted by atomic mass is 10.2. The van der Waals surface area contributed by atoms with Crippen molar-refractivity contribution in [1.29, 1.82) is 0 Å². The van der Waals surface area contributed by atoms with Crippen molar-refractivity contribution in [3.05, 3.63) is 32.9 Å². The van der Waals surface area contributed by atoms with Gasteiger partial charge in [0.2, 0.25) is 0 Å². The second-order valence-electron chi connectivity index (χ2n) is 4.93. The van der Waals surface area contributed by atoms with E-state index in [1.54, 1.807) is 23.2 Å². The molecule has 0 radical (unpaired) electrons. The zero-order valence-corrected chi connectivity index (χ0v) is 16.1. The highest BCUT2D eigenvalue weighted by Crippen LogP contribution is 2.45. The summed E-state index contributed by atoms with van der Waals surface area (Å²) in [4.78, 5) is 33.5. The Kier molecular flexibility index (Phi) is 4.32. The molecule has 2 amide bonds. The van der Waals surface area contributed by atoms with Crippen LogP contribution in [0, 0.1) is 0 Å². The van der Waals surface area contributed by atoms with Gasteiger partial charge in [-0.25, -0.2) is 9.97 Å². The molecule has 0 bridgehead atoms. The molecule has 4 rings (SSSR count). The number of nitrogen functional groups attached to an aromatic ring is 2. The second-order valence-corrected chi connectivity index (χ2v) is 9.02. The largest absolute Gasteiger partial charge is 0.397 e. The van der Waals surface area contributed by atoms with Crippen molar-refractivity contribution in [3.63, 3.8) is 0 Å². The van der Waals surface area contributed by atoms with Crippen LogP contribution >= 0.6 is 45.3 Å². The first kappa shape index (κ1) is 16.9. The summed E-state index contributed by atoms with van der Waals surface area (Å²) in [6, 6.07) is 0. The van der Waals surface area contributed by atoms with Crippen LogP contribution < -0.4 is 22.1 Å². The Bertz CT molecular complexity index is 1010. The number of nitrogens with two attached hydrogens (primary N) is 2. The minimum absolute atomic E-state index is 0.265. The van der Waals surface area contributed by atoms with Crippen molar-refractivity contribution < 1.29 is 9.59 Å². The van der Waals surface area contributed by atoms with Gasteiger partial charge < -0.3 is 11.5 Å². The van der Waals surface area contributed by atoms with Crippen molar-refractivity contribution in [2.24, 2.45) is 0 Å². The fourth-order valence-electron chi connectivity index (χ4n) is 2.23. The fraction of sp³-hybridized carbons (Fsp3) is 0. The monoisotopic (exact) mass is 422 g/mol. The molecular weight excluding hydrogens is 412 g/mol. The second kappa shape index (κ2) is 6.64. The maximum Gasteiger partial charge on any atom is 0.269 e. The number of anilines is 4. The minimum Gasteiger partial charge on any atom is -0.397 e. The first-order valence-electron chi connectivity index (χ1n) is 7.06. The maximum absolute atomic E-state index is 12.4. The lowest BCUT2D eigenvalue weighted by molar-refractivity contribution is 0.102. The normalized spacial score (nSPS) is 10.9. The van der Waals surface area contributed by atoms with Crippen LogP contribution in [0.3, 0.4) is 0 Å². The van der Waals surface area contributed by atoms with Gasteiger partial charge in [-0.05, 0) is 0 Å². The van der Waals surface area contributed by atoms with Crippen LogP contribution in [0.2, 0.25) is 0 Å². The topological polar surface area (TPSA) is 136 Å². The molecule has 132 valence electrons. The van der Waals surface area contributed by atoms with E-state index in [0.29, 0.717) is 29.4 Å². The van der Waals surface area contributed by atoms with Crippen molar-refractivity contribution >= 4 is 88.2 Å². The van der Waals surface area contributed by atoms with E-state index >= 15 is 0 Å². The van der Waals surface area contributed by atoms with Crippen LogP contribution in [0.15, 0.2) is 23.2 Å². The average molecular weight is 423 g/mol. The van der Waals surface area contributed by atoms with E-state index in [1.165, 1.54) is 45.3 Å². The molecule has 0 unspecified atom stereocenters. The molecule has 0 aliphatic rings. The molecule has 4 aromatic rings. The molecular formula is C14H10N6O2S4. The van der Waals surface area contributed by atoms with Gasteiger partial charge >= 0.3 is 0 Å². The lowest BCUT2D eigenvalue weighted by Gasteiger charge is -2.02. The van der Waals surface area contributed by atoms with Crippen LogP contribution in [-0.2, 0) is 0 Å². The number of nitrogens with one attached hydrogen (secondary N) is 2. The van der Waals surface area contributed by atoms with Crippen molar-refractivity contribution in [1.82, 2.24) is 9.97 Å². The molecule has 4 heterocycles. The molecule has 0 atom stereocenters. The minimum atomic E-state index is -0.348. The number of amides is 2. The number of thiazole rings is 2. The number of hydrogen-bond donors (Lipinski definition) is 4. The standard InChI is InChI=1S/C14H10N6O2S4/c15-6-5-7(16)9(11(22)20-14-18-2-4-24-14)26-12(5)25-8(6)10(21)19-13-17-1-3-23-13/h1-4H,15-16H2,(H,17,19,21)(H,18,20,22). The summed E-state index contributed by atoms with van der Waals surface area (Å²) in [6.07, 6.45) is 3.20. The quantitative estimate of drug-likeness (QED) is 0.397. The summed E-state index contributed by atoms with van der Waals surface area (Å²) in [5.74, 6) is -0.696. The zero-order valence-electron chi connectivity index (χ0n) is 12.8. The molecule has 0 aromatic carbocycles. The molecule has 0 spiro atoms. The zero-order chi connectivity index (χ0) is 18.3. The summed E-state index contributed by atoms with van der Waals surface area (Å²) >= 11 is 5.02. The molecule has 0 saturated carbocycles. The molecule has 0 fully saturated rings. The SMILES string of the molecule is Nc1c(C(=O)Nc2nccs2)sc2sc(C(=O)Nc3nccs3)c(N)c12. The molecule has 6 N–H and O–H groups in total. The number of rotatable bonds is 4. The summed E-state index contributed by atoms with van der Waals surface area (Å²) in [6.45, 7) is 0. The predicted octanol–water partition coefficient (Wildman–Crippen LogP) is 3.54. The first-order valence-corrected chi connectivity index (χ1v) is 10.5. The lowest BCUT2D eigenvalue weighted by Crippen LogP contribution is -2.13. The van der Waals surface area contributed by atoms with E-state index in [4.69, 9.17) is 11.5 Å². The smallest absolute Gasteiger partial charge is 0.269 e. The fourth-order valence-corrected chi connectivity index (χ4v) is 5.67. The number of aromatic nitrogens is 2. The number of hydrogen-bond acceptors (Lipinski definition) is 10. The van der Waals surface area contributed by atoms with Crippen molar-refractivity contribution in [3.8, 4) is 0 Å². The number of carbonyl (C=O) groups excluding carboxylic acids is 2. The van der Waals surface area contributed by atoms with E-state index in [2.05, 4.69) is 20.6 Å². The van der Waals surface area contributed by atoms with Crippen molar-refractivity contribution in [2.75, 3.05) is 22.1 Å². The van der Waals surface area contributed by atoms with Gasteiger partial charge in [0.05, 0.1) is 20.8 Å².